The van der Waals surface area contributed by atoms with Gasteiger partial charge in [-0.3, -0.25) is 10.1 Å². The van der Waals surface area contributed by atoms with E-state index in [1.165, 1.54) is 13.2 Å². The van der Waals surface area contributed by atoms with Crippen molar-refractivity contribution in [2.24, 2.45) is 0 Å². The summed E-state index contributed by atoms with van der Waals surface area (Å²) in [5.41, 5.74) is 1.26. The molecule has 2 aromatic rings. The summed E-state index contributed by atoms with van der Waals surface area (Å²) >= 11 is 4.48. The van der Waals surface area contributed by atoms with Crippen molar-refractivity contribution in [3.05, 3.63) is 38.8 Å². The lowest BCUT2D eigenvalue weighted by molar-refractivity contribution is -0.111. The Hall–Kier alpha value is -2.39. The molecule has 27 heavy (non-hydrogen) atoms. The predicted molar refractivity (Wildman–Crippen MR) is 108 cm³/mol. The Morgan fingerprint density at radius 3 is 2.67 bits per heavy atom. The molecule has 0 atom stereocenters. The molecule has 0 saturated carbocycles. The summed E-state index contributed by atoms with van der Waals surface area (Å²) in [6.07, 6.45) is 3.00. The predicted octanol–water partition coefficient (Wildman–Crippen LogP) is 4.06. The van der Waals surface area contributed by atoms with Gasteiger partial charge in [0.15, 0.2) is 16.6 Å². The van der Waals surface area contributed by atoms with E-state index in [1.54, 1.807) is 39.2 Å². The van der Waals surface area contributed by atoms with Crippen molar-refractivity contribution in [3.8, 4) is 11.5 Å². The van der Waals surface area contributed by atoms with E-state index in [9.17, 15) is 9.59 Å². The van der Waals surface area contributed by atoms with E-state index in [0.717, 1.165) is 16.9 Å². The Labute approximate surface area is 169 Å². The molecule has 1 amide bonds. The second-order valence-corrected chi connectivity index (χ2v) is 7.07. The third kappa shape index (κ3) is 5.30. The van der Waals surface area contributed by atoms with Gasteiger partial charge in [-0.05, 0) is 53.5 Å². The number of halogens is 1. The molecule has 1 aromatic heterocycles. The molecule has 0 aliphatic carbocycles. The van der Waals surface area contributed by atoms with E-state index in [0.29, 0.717) is 31.7 Å². The molecule has 1 aromatic carbocycles. The summed E-state index contributed by atoms with van der Waals surface area (Å²) in [6.45, 7) is 3.70. The van der Waals surface area contributed by atoms with Gasteiger partial charge >= 0.3 is 5.97 Å². The number of aromatic nitrogens is 1. The number of anilines is 1. The number of methoxy groups -OCH3 is 2. The van der Waals surface area contributed by atoms with Crippen LogP contribution in [0.1, 0.15) is 27.9 Å². The highest BCUT2D eigenvalue weighted by atomic mass is 79.9. The van der Waals surface area contributed by atoms with Gasteiger partial charge in [0.1, 0.15) is 4.88 Å². The second-order valence-electron chi connectivity index (χ2n) is 5.21. The van der Waals surface area contributed by atoms with Crippen LogP contribution >= 0.6 is 27.3 Å². The normalized spacial score (nSPS) is 10.7. The third-order valence-corrected chi connectivity index (χ3v) is 5.01. The zero-order valence-electron chi connectivity index (χ0n) is 15.3. The third-order valence-electron chi connectivity index (χ3n) is 3.37. The van der Waals surface area contributed by atoms with Crippen LogP contribution in [-0.2, 0) is 9.53 Å². The first-order valence-electron chi connectivity index (χ1n) is 7.94. The van der Waals surface area contributed by atoms with Gasteiger partial charge in [-0.2, -0.15) is 0 Å². The van der Waals surface area contributed by atoms with E-state index in [-0.39, 0.29) is 12.5 Å². The number of benzene rings is 1. The van der Waals surface area contributed by atoms with Crippen LogP contribution < -0.4 is 14.8 Å². The maximum atomic E-state index is 12.1. The molecule has 7 nitrogen and oxygen atoms in total. The standard InChI is InChI=1S/C18H19BrN2O5S/c1-5-26-17(23)16-10(2)20-18(27-16)21-14(22)7-6-11-8-12(19)15(25-4)13(9-11)24-3/h6-9H,5H2,1-4H3,(H,20,21,22). The van der Waals surface area contributed by atoms with Crippen LogP contribution in [0.15, 0.2) is 22.7 Å². The van der Waals surface area contributed by atoms with Crippen LogP contribution in [0.4, 0.5) is 5.13 Å². The lowest BCUT2D eigenvalue weighted by Crippen LogP contribution is -2.07. The Kier molecular flexibility index (Phi) is 7.37. The Morgan fingerprint density at radius 2 is 2.04 bits per heavy atom. The molecule has 1 N–H and O–H groups in total. The number of ether oxygens (including phenoxy) is 3. The number of rotatable bonds is 7. The van der Waals surface area contributed by atoms with Gasteiger partial charge in [0.25, 0.3) is 0 Å². The van der Waals surface area contributed by atoms with Gasteiger partial charge in [0.2, 0.25) is 5.91 Å². The molecule has 2 rings (SSSR count). The monoisotopic (exact) mass is 454 g/mol. The van der Waals surface area contributed by atoms with E-state index < -0.39 is 5.97 Å². The summed E-state index contributed by atoms with van der Waals surface area (Å²) in [5, 5.41) is 2.97. The summed E-state index contributed by atoms with van der Waals surface area (Å²) in [4.78, 5) is 28.5. The quantitative estimate of drug-likeness (QED) is 0.501. The van der Waals surface area contributed by atoms with E-state index in [1.807, 2.05) is 0 Å². The molecule has 1 heterocycles. The molecule has 0 saturated heterocycles. The number of hydrogen-bond donors (Lipinski definition) is 1. The summed E-state index contributed by atoms with van der Waals surface area (Å²) in [6, 6.07) is 3.55. The Bertz CT molecular complexity index is 879. The average Bonchev–Trinajstić information content (AvgIpc) is 2.99. The molecule has 9 heteroatoms. The van der Waals surface area contributed by atoms with Crippen LogP contribution in [0.2, 0.25) is 0 Å². The van der Waals surface area contributed by atoms with E-state index >= 15 is 0 Å². The van der Waals surface area contributed by atoms with Crippen LogP contribution in [-0.4, -0.2) is 37.7 Å². The van der Waals surface area contributed by atoms with Gasteiger partial charge in [0.05, 0.1) is 31.0 Å². The fourth-order valence-corrected chi connectivity index (χ4v) is 3.67. The minimum absolute atomic E-state index is 0.279. The number of nitrogens with zero attached hydrogens (tertiary/aromatic N) is 1. The lowest BCUT2D eigenvalue weighted by atomic mass is 10.2. The van der Waals surface area contributed by atoms with Crippen molar-refractivity contribution in [2.75, 3.05) is 26.1 Å². The highest BCUT2D eigenvalue weighted by Gasteiger charge is 2.17. The number of nitrogens with one attached hydrogen (secondary N) is 1. The zero-order chi connectivity index (χ0) is 20.0. The Balaban J connectivity index is 2.11. The van der Waals surface area contributed by atoms with E-state index in [4.69, 9.17) is 14.2 Å². The molecule has 0 radical (unpaired) electrons. The highest BCUT2D eigenvalue weighted by Crippen LogP contribution is 2.36. The topological polar surface area (TPSA) is 86.8 Å². The van der Waals surface area contributed by atoms with Crippen LogP contribution in [0.3, 0.4) is 0 Å². The zero-order valence-corrected chi connectivity index (χ0v) is 17.7. The van der Waals surface area contributed by atoms with Crippen molar-refractivity contribution >= 4 is 50.4 Å². The van der Waals surface area contributed by atoms with E-state index in [2.05, 4.69) is 26.2 Å². The van der Waals surface area contributed by atoms with Crippen LogP contribution in [0, 0.1) is 6.92 Å². The summed E-state index contributed by atoms with van der Waals surface area (Å²) in [5.74, 6) is 0.300. The number of carbonyl (C=O) groups excluding carboxylic acids is 2. The average molecular weight is 455 g/mol. The maximum Gasteiger partial charge on any atom is 0.350 e. The summed E-state index contributed by atoms with van der Waals surface area (Å²) in [7, 11) is 3.09. The maximum absolute atomic E-state index is 12.1. The summed E-state index contributed by atoms with van der Waals surface area (Å²) < 4.78 is 16.2. The van der Waals surface area contributed by atoms with Crippen molar-refractivity contribution < 1.29 is 23.8 Å². The molecule has 144 valence electrons. The smallest absolute Gasteiger partial charge is 0.350 e. The lowest BCUT2D eigenvalue weighted by Gasteiger charge is -2.10. The first-order chi connectivity index (χ1) is 12.9. The van der Waals surface area contributed by atoms with Crippen molar-refractivity contribution in [1.82, 2.24) is 4.98 Å². The Morgan fingerprint density at radius 1 is 1.30 bits per heavy atom. The molecular weight excluding hydrogens is 436 g/mol. The molecule has 0 unspecified atom stereocenters. The number of hydrogen-bond acceptors (Lipinski definition) is 7. The van der Waals surface area contributed by atoms with Gasteiger partial charge in [0, 0.05) is 6.08 Å². The van der Waals surface area contributed by atoms with Crippen LogP contribution in [0.25, 0.3) is 6.08 Å². The number of esters is 1. The molecule has 0 aliphatic heterocycles. The largest absolute Gasteiger partial charge is 0.493 e. The SMILES string of the molecule is CCOC(=O)c1sc(NC(=O)C=Cc2cc(Br)c(OC)c(OC)c2)nc1C. The van der Waals surface area contributed by atoms with Crippen molar-refractivity contribution in [1.29, 1.82) is 0 Å². The van der Waals surface area contributed by atoms with Crippen molar-refractivity contribution in [3.63, 3.8) is 0 Å². The number of thiazole rings is 1. The molecule has 0 aliphatic rings. The molecule has 0 fully saturated rings. The highest BCUT2D eigenvalue weighted by molar-refractivity contribution is 9.10. The van der Waals surface area contributed by atoms with Gasteiger partial charge in [-0.1, -0.05) is 11.3 Å². The minimum Gasteiger partial charge on any atom is -0.493 e. The minimum atomic E-state index is -0.446. The fourth-order valence-electron chi connectivity index (χ4n) is 2.19. The van der Waals surface area contributed by atoms with Crippen LogP contribution in [0.5, 0.6) is 11.5 Å². The molecule has 0 bridgehead atoms. The second kappa shape index (κ2) is 9.52. The van der Waals surface area contributed by atoms with Gasteiger partial charge < -0.3 is 14.2 Å². The number of aryl methyl sites for hydroxylation is 1. The molecular formula is C18H19BrN2O5S. The first kappa shape index (κ1) is 20.9. The van der Waals surface area contributed by atoms with Gasteiger partial charge in [-0.15, -0.1) is 0 Å². The number of carbonyl (C=O) groups is 2. The first-order valence-corrected chi connectivity index (χ1v) is 9.55. The fraction of sp³-hybridized carbons (Fsp3) is 0.278. The molecule has 0 spiro atoms. The van der Waals surface area contributed by atoms with Gasteiger partial charge in [-0.25, -0.2) is 9.78 Å². The number of amides is 1. The van der Waals surface area contributed by atoms with Crippen molar-refractivity contribution in [2.45, 2.75) is 13.8 Å².